The molecule has 0 aliphatic rings. The van der Waals surface area contributed by atoms with Gasteiger partial charge in [0.1, 0.15) is 12.9 Å². The Morgan fingerprint density at radius 3 is 2.52 bits per heavy atom. The first-order valence-corrected chi connectivity index (χ1v) is 11.3. The molecule has 0 bridgehead atoms. The van der Waals surface area contributed by atoms with Crippen LogP contribution in [0.25, 0.3) is 53.8 Å². The predicted octanol–water partition coefficient (Wildman–Crippen LogP) is 6.81. The van der Waals surface area contributed by atoms with Gasteiger partial charge in [-0.2, -0.15) is 0 Å². The number of nitrogens with zero attached hydrogens (tertiary/aromatic N) is 3. The number of pyridine rings is 2. The lowest BCUT2D eigenvalue weighted by atomic mass is 9.92. The molecule has 0 saturated carbocycles. The van der Waals surface area contributed by atoms with Crippen LogP contribution < -0.4 is 4.57 Å². The van der Waals surface area contributed by atoms with Crippen molar-refractivity contribution in [1.29, 1.82) is 0 Å². The van der Waals surface area contributed by atoms with Gasteiger partial charge in [-0.05, 0) is 48.1 Å². The van der Waals surface area contributed by atoms with E-state index in [1.165, 1.54) is 5.39 Å². The summed E-state index contributed by atoms with van der Waals surface area (Å²) in [6.45, 7) is 15.5. The zero-order chi connectivity index (χ0) is 23.2. The van der Waals surface area contributed by atoms with Crippen LogP contribution in [0, 0.1) is 26.2 Å². The SMILES string of the molecule is [C-]#[N+]C(C)(C)Cc1cc2cc[n+](C)c3c4c(C)c(C)c(F)c5c6ccccc6n(c(c1)c23)c54. The summed E-state index contributed by atoms with van der Waals surface area (Å²) in [6, 6.07) is 14.7. The molecule has 0 amide bonds. The lowest BCUT2D eigenvalue weighted by Gasteiger charge is -2.17. The van der Waals surface area contributed by atoms with E-state index in [9.17, 15) is 0 Å². The molecule has 6 rings (SSSR count). The second kappa shape index (κ2) is 6.42. The first-order valence-electron chi connectivity index (χ1n) is 11.3. The van der Waals surface area contributed by atoms with Gasteiger partial charge in [-0.1, -0.05) is 24.3 Å². The van der Waals surface area contributed by atoms with Gasteiger partial charge in [0.25, 0.3) is 0 Å². The topological polar surface area (TPSA) is 12.7 Å². The number of rotatable bonds is 2. The van der Waals surface area contributed by atoms with Gasteiger partial charge in [0.05, 0.1) is 33.7 Å². The summed E-state index contributed by atoms with van der Waals surface area (Å²) in [5.41, 5.74) is 6.47. The van der Waals surface area contributed by atoms with Crippen LogP contribution in [0.2, 0.25) is 0 Å². The van der Waals surface area contributed by atoms with Crippen molar-refractivity contribution >= 4 is 49.0 Å². The maximum atomic E-state index is 15.8. The van der Waals surface area contributed by atoms with Gasteiger partial charge < -0.3 is 9.25 Å². The highest BCUT2D eigenvalue weighted by molar-refractivity contribution is 6.26. The first-order chi connectivity index (χ1) is 15.7. The molecule has 0 aliphatic heterocycles. The minimum atomic E-state index is -0.483. The highest BCUT2D eigenvalue weighted by Crippen LogP contribution is 2.43. The second-order valence-electron chi connectivity index (χ2n) is 9.97. The van der Waals surface area contributed by atoms with E-state index in [1.807, 2.05) is 45.9 Å². The Hall–Kier alpha value is -3.71. The molecular formula is C29H25FN3+. The second-order valence-corrected chi connectivity index (χ2v) is 9.97. The molecule has 0 radical (unpaired) electrons. The molecule has 0 unspecified atom stereocenters. The van der Waals surface area contributed by atoms with E-state index in [4.69, 9.17) is 6.57 Å². The third kappa shape index (κ3) is 2.51. The van der Waals surface area contributed by atoms with Crippen molar-refractivity contribution in [2.75, 3.05) is 0 Å². The summed E-state index contributed by atoms with van der Waals surface area (Å²) in [5, 5.41) is 5.06. The summed E-state index contributed by atoms with van der Waals surface area (Å²) in [5.74, 6) is -0.134. The fourth-order valence-corrected chi connectivity index (χ4v) is 5.62. The van der Waals surface area contributed by atoms with E-state index in [-0.39, 0.29) is 5.82 Å². The van der Waals surface area contributed by atoms with Gasteiger partial charge in [-0.3, -0.25) is 0 Å². The van der Waals surface area contributed by atoms with Crippen molar-refractivity contribution < 1.29 is 8.96 Å². The highest BCUT2D eigenvalue weighted by Gasteiger charge is 2.29. The molecule has 0 aliphatic carbocycles. The number of hydrogen-bond acceptors (Lipinski definition) is 0. The van der Waals surface area contributed by atoms with Crippen molar-refractivity contribution in [2.45, 2.75) is 39.7 Å². The van der Waals surface area contributed by atoms with Gasteiger partial charge >= 0.3 is 0 Å². The molecule has 3 nitrogen and oxygen atoms in total. The molecule has 4 heteroatoms. The Balaban J connectivity index is 1.98. The summed E-state index contributed by atoms with van der Waals surface area (Å²) in [7, 11) is 2.07. The van der Waals surface area contributed by atoms with E-state index in [0.29, 0.717) is 17.4 Å². The fourth-order valence-electron chi connectivity index (χ4n) is 5.62. The Morgan fingerprint density at radius 1 is 1.00 bits per heavy atom. The Labute approximate surface area is 191 Å². The van der Waals surface area contributed by atoms with Crippen LogP contribution in [0.5, 0.6) is 0 Å². The number of fused-ring (bicyclic) bond motifs is 5. The standard InChI is InChI=1S/C29H25FN3/c1-16-17(2)26(30)25-20-9-7-8-10-21(20)33-22-14-18(15-29(3,4)31-5)13-19-11-12-32(6)27(24(19)22)23(16)28(25)33/h7-14H,15H2,1-4,6H3/q+1. The summed E-state index contributed by atoms with van der Waals surface area (Å²) in [6.07, 6.45) is 2.75. The zero-order valence-corrected chi connectivity index (χ0v) is 19.5. The van der Waals surface area contributed by atoms with Crippen molar-refractivity contribution in [1.82, 2.24) is 4.40 Å². The average Bonchev–Trinajstić information content (AvgIpc) is 3.14. The zero-order valence-electron chi connectivity index (χ0n) is 19.5. The minimum Gasteiger partial charge on any atom is -0.311 e. The molecule has 6 aromatic rings. The fraction of sp³-hybridized carbons (Fsp3) is 0.241. The van der Waals surface area contributed by atoms with Gasteiger partial charge in [-0.15, -0.1) is 0 Å². The lowest BCUT2D eigenvalue weighted by molar-refractivity contribution is -0.643. The van der Waals surface area contributed by atoms with E-state index in [2.05, 4.69) is 51.3 Å². The summed E-state index contributed by atoms with van der Waals surface area (Å²) < 4.78 is 20.2. The monoisotopic (exact) mass is 434 g/mol. The minimum absolute atomic E-state index is 0.134. The maximum Gasteiger partial charge on any atom is 0.231 e. The van der Waals surface area contributed by atoms with Crippen LogP contribution in [-0.2, 0) is 13.5 Å². The molecular weight excluding hydrogens is 409 g/mol. The molecule has 3 aromatic heterocycles. The Kier molecular flexibility index (Phi) is 3.88. The number of para-hydroxylation sites is 1. The number of benzene rings is 3. The molecule has 3 aromatic carbocycles. The predicted molar refractivity (Wildman–Crippen MR) is 134 cm³/mol. The van der Waals surface area contributed by atoms with Gasteiger partial charge in [-0.25, -0.2) is 15.5 Å². The van der Waals surface area contributed by atoms with Gasteiger partial charge in [0, 0.05) is 30.7 Å². The largest absolute Gasteiger partial charge is 0.311 e. The third-order valence-electron chi connectivity index (χ3n) is 7.29. The smallest absolute Gasteiger partial charge is 0.231 e. The number of aromatic nitrogens is 2. The quantitative estimate of drug-likeness (QED) is 0.123. The maximum absolute atomic E-state index is 15.8. The van der Waals surface area contributed by atoms with Crippen LogP contribution in [0.3, 0.4) is 0 Å². The van der Waals surface area contributed by atoms with E-state index in [1.54, 1.807) is 0 Å². The molecule has 0 saturated heterocycles. The number of halogens is 1. The van der Waals surface area contributed by atoms with Crippen molar-refractivity contribution in [3.05, 3.63) is 82.6 Å². The first kappa shape index (κ1) is 19.9. The van der Waals surface area contributed by atoms with Crippen LogP contribution >= 0.6 is 0 Å². The number of aryl methyl sites for hydroxylation is 2. The Bertz CT molecular complexity index is 1820. The molecule has 0 N–H and O–H groups in total. The van der Waals surface area contributed by atoms with Crippen molar-refractivity contribution in [2.24, 2.45) is 7.05 Å². The normalized spacial score (nSPS) is 12.6. The molecule has 33 heavy (non-hydrogen) atoms. The van der Waals surface area contributed by atoms with Crippen LogP contribution in [-0.4, -0.2) is 9.94 Å². The summed E-state index contributed by atoms with van der Waals surface area (Å²) >= 11 is 0. The van der Waals surface area contributed by atoms with Gasteiger partial charge in [0.2, 0.25) is 11.1 Å². The van der Waals surface area contributed by atoms with Crippen LogP contribution in [0.15, 0.2) is 48.7 Å². The Morgan fingerprint density at radius 2 is 1.76 bits per heavy atom. The van der Waals surface area contributed by atoms with Crippen LogP contribution in [0.4, 0.5) is 4.39 Å². The third-order valence-corrected chi connectivity index (χ3v) is 7.29. The summed E-state index contributed by atoms with van der Waals surface area (Å²) in [4.78, 5) is 3.83. The van der Waals surface area contributed by atoms with E-state index >= 15 is 4.39 Å². The lowest BCUT2D eigenvalue weighted by Crippen LogP contribution is -2.29. The van der Waals surface area contributed by atoms with Gasteiger partial charge in [0.15, 0.2) is 6.20 Å². The highest BCUT2D eigenvalue weighted by atomic mass is 19.1. The number of hydrogen-bond donors (Lipinski definition) is 0. The van der Waals surface area contributed by atoms with Crippen molar-refractivity contribution in [3.63, 3.8) is 0 Å². The van der Waals surface area contributed by atoms with Crippen molar-refractivity contribution in [3.8, 4) is 0 Å². The van der Waals surface area contributed by atoms with E-state index in [0.717, 1.165) is 49.4 Å². The molecule has 3 heterocycles. The molecule has 0 atom stereocenters. The molecule has 162 valence electrons. The molecule has 0 spiro atoms. The van der Waals surface area contributed by atoms with Crippen LogP contribution in [0.1, 0.15) is 30.5 Å². The average molecular weight is 435 g/mol. The van der Waals surface area contributed by atoms with E-state index < -0.39 is 5.54 Å². The molecule has 0 fully saturated rings.